The van der Waals surface area contributed by atoms with Crippen LogP contribution in [0.2, 0.25) is 0 Å². The first kappa shape index (κ1) is 9.47. The number of hydrogen-bond acceptors (Lipinski definition) is 3. The van der Waals surface area contributed by atoms with E-state index in [1.807, 2.05) is 0 Å². The second kappa shape index (κ2) is 3.86. The summed E-state index contributed by atoms with van der Waals surface area (Å²) >= 11 is 0. The molecule has 1 atom stereocenters. The third-order valence-corrected chi connectivity index (χ3v) is 2.81. The van der Waals surface area contributed by atoms with Crippen LogP contribution in [0.4, 0.5) is 0 Å². The SMILES string of the molecule is O=C(O)C1CCCN([SH](=O)=O)C1. The van der Waals surface area contributed by atoms with Gasteiger partial charge in [0.15, 0.2) is 0 Å². The van der Waals surface area contributed by atoms with Crippen molar-refractivity contribution in [1.29, 1.82) is 0 Å². The van der Waals surface area contributed by atoms with Crippen molar-refractivity contribution in [1.82, 2.24) is 4.31 Å². The van der Waals surface area contributed by atoms with Gasteiger partial charge in [-0.25, -0.2) is 12.7 Å². The Labute approximate surface area is 72.1 Å². The van der Waals surface area contributed by atoms with Crippen molar-refractivity contribution >= 4 is 16.9 Å². The Morgan fingerprint density at radius 3 is 2.67 bits per heavy atom. The molecule has 1 rings (SSSR count). The lowest BCUT2D eigenvalue weighted by Crippen LogP contribution is -2.37. The van der Waals surface area contributed by atoms with E-state index in [1.165, 1.54) is 4.31 Å². The van der Waals surface area contributed by atoms with Crippen LogP contribution in [-0.2, 0) is 15.7 Å². The number of aliphatic carboxylic acids is 1. The van der Waals surface area contributed by atoms with Crippen molar-refractivity contribution < 1.29 is 18.3 Å². The van der Waals surface area contributed by atoms with Gasteiger partial charge in [-0.2, -0.15) is 0 Å². The molecule has 0 radical (unpaired) electrons. The van der Waals surface area contributed by atoms with E-state index in [0.29, 0.717) is 19.4 Å². The Balaban J connectivity index is 2.57. The van der Waals surface area contributed by atoms with Gasteiger partial charge in [-0.3, -0.25) is 4.79 Å². The lowest BCUT2D eigenvalue weighted by Gasteiger charge is -2.25. The number of nitrogens with zero attached hydrogens (tertiary/aromatic N) is 1. The normalized spacial score (nSPS) is 25.9. The highest BCUT2D eigenvalue weighted by molar-refractivity contribution is 7.69. The zero-order valence-electron chi connectivity index (χ0n) is 6.47. The molecule has 1 fully saturated rings. The Morgan fingerprint density at radius 1 is 1.50 bits per heavy atom. The minimum atomic E-state index is -2.60. The minimum Gasteiger partial charge on any atom is -0.481 e. The average Bonchev–Trinajstić information content (AvgIpc) is 2.04. The molecule has 0 amide bonds. The maximum atomic E-state index is 10.5. The molecule has 1 heterocycles. The van der Waals surface area contributed by atoms with Crippen molar-refractivity contribution in [2.75, 3.05) is 13.1 Å². The van der Waals surface area contributed by atoms with E-state index >= 15 is 0 Å². The highest BCUT2D eigenvalue weighted by Gasteiger charge is 2.26. The van der Waals surface area contributed by atoms with Crippen LogP contribution < -0.4 is 0 Å². The zero-order chi connectivity index (χ0) is 9.14. The van der Waals surface area contributed by atoms with Gasteiger partial charge in [-0.1, -0.05) is 0 Å². The fourth-order valence-corrected chi connectivity index (χ4v) is 1.94. The molecule has 1 aliphatic heterocycles. The van der Waals surface area contributed by atoms with Crippen molar-refractivity contribution in [3.05, 3.63) is 0 Å². The van der Waals surface area contributed by atoms with Crippen LogP contribution in [0.1, 0.15) is 12.8 Å². The third kappa shape index (κ3) is 2.18. The lowest BCUT2D eigenvalue weighted by molar-refractivity contribution is -0.142. The standard InChI is InChI=1S/C6H11NO4S/c8-6(9)5-2-1-3-7(4-5)12(10)11/h5,12H,1-4H2,(H,8,9). The number of carbonyl (C=O) groups is 1. The van der Waals surface area contributed by atoms with E-state index in [9.17, 15) is 13.2 Å². The Morgan fingerprint density at radius 2 is 2.17 bits per heavy atom. The van der Waals surface area contributed by atoms with Gasteiger partial charge in [-0.15, -0.1) is 0 Å². The van der Waals surface area contributed by atoms with Gasteiger partial charge in [0, 0.05) is 13.1 Å². The van der Waals surface area contributed by atoms with E-state index in [4.69, 9.17) is 5.11 Å². The molecule has 5 nitrogen and oxygen atoms in total. The molecule has 0 bridgehead atoms. The molecule has 12 heavy (non-hydrogen) atoms. The molecule has 1 unspecified atom stereocenters. The molecule has 6 heteroatoms. The first-order valence-electron chi connectivity index (χ1n) is 3.73. The van der Waals surface area contributed by atoms with Gasteiger partial charge in [0.25, 0.3) is 0 Å². The molecule has 1 saturated heterocycles. The molecule has 0 spiro atoms. The molecule has 0 aromatic heterocycles. The summed E-state index contributed by atoms with van der Waals surface area (Å²) in [6.45, 7) is 0.594. The average molecular weight is 193 g/mol. The van der Waals surface area contributed by atoms with Gasteiger partial charge in [0.05, 0.1) is 5.92 Å². The number of rotatable bonds is 2. The van der Waals surface area contributed by atoms with Gasteiger partial charge in [-0.05, 0) is 12.8 Å². The molecular formula is C6H11NO4S. The summed E-state index contributed by atoms with van der Waals surface area (Å²) < 4.78 is 22.2. The third-order valence-electron chi connectivity index (χ3n) is 1.98. The number of thiol groups is 1. The predicted octanol–water partition coefficient (Wildman–Crippen LogP) is -0.691. The maximum Gasteiger partial charge on any atom is 0.307 e. The minimum absolute atomic E-state index is 0.133. The Bertz CT molecular complexity index is 242. The number of hydrogen-bond donors (Lipinski definition) is 2. The number of piperidine rings is 1. The van der Waals surface area contributed by atoms with Crippen molar-refractivity contribution in [2.45, 2.75) is 12.8 Å². The van der Waals surface area contributed by atoms with E-state index in [-0.39, 0.29) is 6.54 Å². The molecule has 70 valence electrons. The first-order valence-corrected chi connectivity index (χ1v) is 4.86. The molecule has 0 aliphatic carbocycles. The van der Waals surface area contributed by atoms with E-state index < -0.39 is 22.8 Å². The Hall–Kier alpha value is -0.620. The van der Waals surface area contributed by atoms with Crippen LogP contribution in [0, 0.1) is 5.92 Å². The van der Waals surface area contributed by atoms with E-state index in [0.717, 1.165) is 0 Å². The quantitative estimate of drug-likeness (QED) is 0.569. The molecule has 1 aliphatic rings. The van der Waals surface area contributed by atoms with Crippen LogP contribution in [0.25, 0.3) is 0 Å². The summed E-state index contributed by atoms with van der Waals surface area (Å²) in [7, 11) is -2.60. The highest BCUT2D eigenvalue weighted by Crippen LogP contribution is 2.15. The van der Waals surface area contributed by atoms with Gasteiger partial charge < -0.3 is 5.11 Å². The predicted molar refractivity (Wildman–Crippen MR) is 42.2 cm³/mol. The molecule has 0 aromatic rings. The molecule has 0 aromatic carbocycles. The summed E-state index contributed by atoms with van der Waals surface area (Å²) in [5, 5.41) is 8.61. The summed E-state index contributed by atoms with van der Waals surface area (Å²) in [5.74, 6) is -1.43. The monoisotopic (exact) mass is 193 g/mol. The van der Waals surface area contributed by atoms with E-state index in [2.05, 4.69) is 0 Å². The fourth-order valence-electron chi connectivity index (χ4n) is 1.31. The second-order valence-corrected chi connectivity index (χ2v) is 3.87. The fraction of sp³-hybridized carbons (Fsp3) is 0.833. The van der Waals surface area contributed by atoms with E-state index in [1.54, 1.807) is 0 Å². The van der Waals surface area contributed by atoms with Crippen LogP contribution in [0.5, 0.6) is 0 Å². The van der Waals surface area contributed by atoms with Gasteiger partial charge in [0.2, 0.25) is 10.9 Å². The summed E-state index contributed by atoms with van der Waals surface area (Å²) in [6, 6.07) is 0. The van der Waals surface area contributed by atoms with Crippen LogP contribution in [-0.4, -0.2) is 36.9 Å². The number of carboxylic acid groups (broad SMARTS) is 1. The summed E-state index contributed by atoms with van der Waals surface area (Å²) in [4.78, 5) is 10.5. The van der Waals surface area contributed by atoms with Crippen molar-refractivity contribution in [2.24, 2.45) is 5.92 Å². The highest BCUT2D eigenvalue weighted by atomic mass is 32.2. The molecule has 0 saturated carbocycles. The van der Waals surface area contributed by atoms with Crippen LogP contribution >= 0.6 is 0 Å². The van der Waals surface area contributed by atoms with Crippen molar-refractivity contribution in [3.63, 3.8) is 0 Å². The van der Waals surface area contributed by atoms with Gasteiger partial charge in [0.1, 0.15) is 0 Å². The van der Waals surface area contributed by atoms with Crippen molar-refractivity contribution in [3.8, 4) is 0 Å². The van der Waals surface area contributed by atoms with Crippen LogP contribution in [0.15, 0.2) is 0 Å². The van der Waals surface area contributed by atoms with Gasteiger partial charge >= 0.3 is 5.97 Å². The maximum absolute atomic E-state index is 10.5. The first-order chi connectivity index (χ1) is 5.61. The van der Waals surface area contributed by atoms with Crippen LogP contribution in [0.3, 0.4) is 0 Å². The summed E-state index contributed by atoms with van der Waals surface area (Å²) in [6.07, 6.45) is 1.22. The summed E-state index contributed by atoms with van der Waals surface area (Å²) in [5.41, 5.74) is 0. The zero-order valence-corrected chi connectivity index (χ0v) is 7.37. The second-order valence-electron chi connectivity index (χ2n) is 2.83. The smallest absolute Gasteiger partial charge is 0.307 e. The number of carboxylic acids is 1. The lowest BCUT2D eigenvalue weighted by atomic mass is 10.0. The molecule has 1 N–H and O–H groups in total. The Kier molecular flexibility index (Phi) is 3.05. The largest absolute Gasteiger partial charge is 0.481 e. The topological polar surface area (TPSA) is 74.7 Å². The molecular weight excluding hydrogens is 182 g/mol.